The van der Waals surface area contributed by atoms with Crippen LogP contribution in [-0.2, 0) is 22.5 Å². The van der Waals surface area contributed by atoms with E-state index in [-0.39, 0.29) is 18.1 Å². The highest BCUT2D eigenvalue weighted by Gasteiger charge is 2.30. The number of anilines is 1. The van der Waals surface area contributed by atoms with E-state index in [1.807, 2.05) is 6.92 Å². The van der Waals surface area contributed by atoms with Crippen LogP contribution in [0.1, 0.15) is 35.8 Å². The van der Waals surface area contributed by atoms with Gasteiger partial charge in [0.05, 0.1) is 11.7 Å². The lowest BCUT2D eigenvalue weighted by molar-refractivity contribution is -0.126. The molecule has 106 valence electrons. The minimum atomic E-state index is -0.381. The Balaban J connectivity index is 1.79. The Morgan fingerprint density at radius 1 is 1.55 bits per heavy atom. The smallest absolute Gasteiger partial charge is 0.254 e. The van der Waals surface area contributed by atoms with Gasteiger partial charge in [0.25, 0.3) is 5.91 Å². The quantitative estimate of drug-likeness (QED) is 0.871. The molecule has 1 aromatic rings. The van der Waals surface area contributed by atoms with Crippen molar-refractivity contribution in [3.8, 4) is 6.07 Å². The standard InChI is InChI=1S/C14H17N3O2S/c1-8-2-3-11(19-8)13(18)17-14-10(6-15)9-4-5-16-7-12(9)20-14/h8,11,16H,2-5,7H2,1H3,(H,17,18). The Labute approximate surface area is 121 Å². The van der Waals surface area contributed by atoms with E-state index in [0.29, 0.717) is 10.6 Å². The Bertz CT molecular complexity index is 576. The molecule has 20 heavy (non-hydrogen) atoms. The highest BCUT2D eigenvalue weighted by Crippen LogP contribution is 2.35. The fourth-order valence-corrected chi connectivity index (χ4v) is 3.90. The first-order chi connectivity index (χ1) is 9.69. The van der Waals surface area contributed by atoms with E-state index in [1.54, 1.807) is 0 Å². The van der Waals surface area contributed by atoms with Crippen LogP contribution in [0.15, 0.2) is 0 Å². The zero-order valence-electron chi connectivity index (χ0n) is 11.4. The first-order valence-corrected chi connectivity index (χ1v) is 7.72. The molecule has 1 saturated heterocycles. The lowest BCUT2D eigenvalue weighted by Gasteiger charge is -2.12. The largest absolute Gasteiger partial charge is 0.365 e. The van der Waals surface area contributed by atoms with Crippen LogP contribution in [0.2, 0.25) is 0 Å². The van der Waals surface area contributed by atoms with Gasteiger partial charge in [0.15, 0.2) is 0 Å². The second-order valence-corrected chi connectivity index (χ2v) is 6.35. The van der Waals surface area contributed by atoms with Crippen molar-refractivity contribution in [2.45, 2.75) is 44.9 Å². The fraction of sp³-hybridized carbons (Fsp3) is 0.571. The van der Waals surface area contributed by atoms with E-state index in [4.69, 9.17) is 4.74 Å². The number of nitrogens with one attached hydrogen (secondary N) is 2. The molecule has 1 fully saturated rings. The molecule has 2 atom stereocenters. The van der Waals surface area contributed by atoms with Crippen LogP contribution in [0.4, 0.5) is 5.00 Å². The van der Waals surface area contributed by atoms with E-state index in [2.05, 4.69) is 16.7 Å². The van der Waals surface area contributed by atoms with Crippen molar-refractivity contribution >= 4 is 22.2 Å². The molecule has 1 aromatic heterocycles. The molecular formula is C14H17N3O2S. The van der Waals surface area contributed by atoms with Gasteiger partial charge < -0.3 is 15.4 Å². The first-order valence-electron chi connectivity index (χ1n) is 6.90. The number of carbonyl (C=O) groups excluding carboxylic acids is 1. The molecule has 0 saturated carbocycles. The van der Waals surface area contributed by atoms with Crippen molar-refractivity contribution in [1.29, 1.82) is 5.26 Å². The van der Waals surface area contributed by atoms with Crippen LogP contribution in [0.5, 0.6) is 0 Å². The Hall–Kier alpha value is -1.42. The van der Waals surface area contributed by atoms with Crippen molar-refractivity contribution in [3.63, 3.8) is 0 Å². The molecule has 0 radical (unpaired) electrons. The number of amides is 1. The molecule has 3 heterocycles. The van der Waals surface area contributed by atoms with Crippen LogP contribution in [0.3, 0.4) is 0 Å². The molecule has 2 aliphatic rings. The van der Waals surface area contributed by atoms with Crippen LogP contribution in [0.25, 0.3) is 0 Å². The number of carbonyl (C=O) groups is 1. The minimum Gasteiger partial charge on any atom is -0.365 e. The highest BCUT2D eigenvalue weighted by molar-refractivity contribution is 7.16. The summed E-state index contributed by atoms with van der Waals surface area (Å²) in [4.78, 5) is 13.3. The first kappa shape index (κ1) is 13.6. The van der Waals surface area contributed by atoms with Gasteiger partial charge >= 0.3 is 0 Å². The lowest BCUT2D eigenvalue weighted by Crippen LogP contribution is -2.27. The predicted molar refractivity (Wildman–Crippen MR) is 76.6 cm³/mol. The number of rotatable bonds is 2. The summed E-state index contributed by atoms with van der Waals surface area (Å²) in [6, 6.07) is 2.24. The third-order valence-corrected chi connectivity index (χ3v) is 4.95. The Morgan fingerprint density at radius 3 is 3.10 bits per heavy atom. The van der Waals surface area contributed by atoms with Gasteiger partial charge in [-0.05, 0) is 38.3 Å². The van der Waals surface area contributed by atoms with Crippen LogP contribution < -0.4 is 10.6 Å². The normalized spacial score (nSPS) is 25.0. The van der Waals surface area contributed by atoms with E-state index >= 15 is 0 Å². The molecule has 1 amide bonds. The van der Waals surface area contributed by atoms with Gasteiger partial charge in [-0.3, -0.25) is 4.79 Å². The maximum absolute atomic E-state index is 12.2. The highest BCUT2D eigenvalue weighted by atomic mass is 32.1. The number of fused-ring (bicyclic) bond motifs is 1. The van der Waals surface area contributed by atoms with E-state index in [0.717, 1.165) is 42.8 Å². The molecule has 0 spiro atoms. The number of nitrogens with zero attached hydrogens (tertiary/aromatic N) is 1. The Kier molecular flexibility index (Phi) is 3.74. The summed E-state index contributed by atoms with van der Waals surface area (Å²) in [6.07, 6.45) is 2.27. The molecule has 2 unspecified atom stereocenters. The van der Waals surface area contributed by atoms with Gasteiger partial charge in [0.2, 0.25) is 0 Å². The number of thiophene rings is 1. The molecule has 0 aromatic carbocycles. The average Bonchev–Trinajstić information content (AvgIpc) is 3.01. The van der Waals surface area contributed by atoms with Gasteiger partial charge in [0, 0.05) is 11.4 Å². The van der Waals surface area contributed by atoms with Crippen molar-refractivity contribution in [3.05, 3.63) is 16.0 Å². The summed E-state index contributed by atoms with van der Waals surface area (Å²) < 4.78 is 5.57. The van der Waals surface area contributed by atoms with E-state index < -0.39 is 0 Å². The van der Waals surface area contributed by atoms with Crippen molar-refractivity contribution in [2.75, 3.05) is 11.9 Å². The fourth-order valence-electron chi connectivity index (χ4n) is 2.73. The van der Waals surface area contributed by atoms with Crippen LogP contribution in [-0.4, -0.2) is 24.7 Å². The van der Waals surface area contributed by atoms with Gasteiger partial charge in [0.1, 0.15) is 17.2 Å². The maximum Gasteiger partial charge on any atom is 0.254 e. The SMILES string of the molecule is CC1CCC(C(=O)Nc2sc3c(c2C#N)CCNC3)O1. The average molecular weight is 291 g/mol. The summed E-state index contributed by atoms with van der Waals surface area (Å²) >= 11 is 1.50. The van der Waals surface area contributed by atoms with E-state index in [1.165, 1.54) is 11.3 Å². The topological polar surface area (TPSA) is 74.2 Å². The molecule has 2 N–H and O–H groups in total. The molecule has 5 nitrogen and oxygen atoms in total. The third kappa shape index (κ3) is 2.44. The predicted octanol–water partition coefficient (Wildman–Crippen LogP) is 1.77. The van der Waals surface area contributed by atoms with Crippen molar-refractivity contribution in [2.24, 2.45) is 0 Å². The molecule has 0 aliphatic carbocycles. The van der Waals surface area contributed by atoms with Crippen LogP contribution >= 0.6 is 11.3 Å². The van der Waals surface area contributed by atoms with Crippen molar-refractivity contribution < 1.29 is 9.53 Å². The van der Waals surface area contributed by atoms with Gasteiger partial charge in [-0.15, -0.1) is 11.3 Å². The zero-order valence-corrected chi connectivity index (χ0v) is 12.2. The van der Waals surface area contributed by atoms with Gasteiger partial charge in [-0.25, -0.2) is 0 Å². The zero-order chi connectivity index (χ0) is 14.1. The molecule has 6 heteroatoms. The van der Waals surface area contributed by atoms with Gasteiger partial charge in [-0.2, -0.15) is 5.26 Å². The van der Waals surface area contributed by atoms with Gasteiger partial charge in [-0.1, -0.05) is 0 Å². The number of hydrogen-bond acceptors (Lipinski definition) is 5. The lowest BCUT2D eigenvalue weighted by atomic mass is 10.0. The molecular weight excluding hydrogens is 274 g/mol. The summed E-state index contributed by atoms with van der Waals surface area (Å²) in [7, 11) is 0. The number of hydrogen-bond donors (Lipinski definition) is 2. The number of ether oxygens (including phenoxy) is 1. The molecule has 2 aliphatic heterocycles. The second-order valence-electron chi connectivity index (χ2n) is 5.25. The summed E-state index contributed by atoms with van der Waals surface area (Å²) in [5.41, 5.74) is 1.72. The maximum atomic E-state index is 12.2. The second kappa shape index (κ2) is 5.52. The summed E-state index contributed by atoms with van der Waals surface area (Å²) in [6.45, 7) is 3.64. The third-order valence-electron chi connectivity index (χ3n) is 3.80. The monoisotopic (exact) mass is 291 g/mol. The summed E-state index contributed by atoms with van der Waals surface area (Å²) in [5, 5.41) is 16.2. The minimum absolute atomic E-state index is 0.127. The number of nitriles is 1. The van der Waals surface area contributed by atoms with Crippen molar-refractivity contribution in [1.82, 2.24) is 5.32 Å². The van der Waals surface area contributed by atoms with E-state index in [9.17, 15) is 10.1 Å². The molecule has 0 bridgehead atoms. The van der Waals surface area contributed by atoms with Crippen LogP contribution in [0, 0.1) is 11.3 Å². The molecule has 3 rings (SSSR count). The summed E-state index contributed by atoms with van der Waals surface area (Å²) in [5.74, 6) is -0.127. The Morgan fingerprint density at radius 2 is 2.40 bits per heavy atom.